The average molecular weight is 431 g/mol. The maximum absolute atomic E-state index is 12.7. The molecule has 0 aliphatic carbocycles. The summed E-state index contributed by atoms with van der Waals surface area (Å²) in [5.74, 6) is -0.590. The fourth-order valence-corrected chi connectivity index (χ4v) is 4.80. The molecule has 2 atom stereocenters. The van der Waals surface area contributed by atoms with Crippen LogP contribution in [0.25, 0.3) is 10.2 Å². The molecule has 0 bridgehead atoms. The van der Waals surface area contributed by atoms with E-state index in [9.17, 15) is 13.8 Å². The fraction of sp³-hybridized carbons (Fsp3) is 0.286. The van der Waals surface area contributed by atoms with Crippen molar-refractivity contribution in [2.24, 2.45) is 0 Å². The molecule has 0 spiro atoms. The molecule has 2 aromatic carbocycles. The van der Waals surface area contributed by atoms with Gasteiger partial charge in [0.15, 0.2) is 6.10 Å². The van der Waals surface area contributed by atoms with E-state index in [1.165, 1.54) is 23.2 Å². The molecule has 0 saturated carbocycles. The summed E-state index contributed by atoms with van der Waals surface area (Å²) in [6.45, 7) is 3.65. The lowest BCUT2D eigenvalue weighted by Crippen LogP contribution is -2.37. The summed E-state index contributed by atoms with van der Waals surface area (Å²) in [5.41, 5.74) is 1.12. The topological polar surface area (TPSA) is 76.6 Å². The van der Waals surface area contributed by atoms with Crippen molar-refractivity contribution in [2.75, 3.05) is 12.8 Å². The highest BCUT2D eigenvalue weighted by atomic mass is 32.2. The maximum Gasteiger partial charge on any atom is 0.340 e. The van der Waals surface area contributed by atoms with E-state index >= 15 is 0 Å². The number of carbonyl (C=O) groups is 2. The number of rotatable bonds is 7. The summed E-state index contributed by atoms with van der Waals surface area (Å²) in [6, 6.07) is 14.4. The van der Waals surface area contributed by atoms with E-state index < -0.39 is 22.9 Å². The number of amides is 1. The number of hydrogen-bond acceptors (Lipinski definition) is 6. The van der Waals surface area contributed by atoms with Gasteiger partial charge in [0.1, 0.15) is 5.01 Å². The van der Waals surface area contributed by atoms with E-state index in [2.05, 4.69) is 4.98 Å². The van der Waals surface area contributed by atoms with Gasteiger partial charge in [-0.15, -0.1) is 11.3 Å². The Kier molecular flexibility index (Phi) is 6.76. The van der Waals surface area contributed by atoms with Gasteiger partial charge in [0.05, 0.1) is 38.0 Å². The van der Waals surface area contributed by atoms with Crippen LogP contribution in [0.3, 0.4) is 0 Å². The Morgan fingerprint density at radius 1 is 1.17 bits per heavy atom. The monoisotopic (exact) mass is 430 g/mol. The van der Waals surface area contributed by atoms with Crippen molar-refractivity contribution in [3.8, 4) is 0 Å². The van der Waals surface area contributed by atoms with Crippen molar-refractivity contribution in [1.29, 1.82) is 0 Å². The van der Waals surface area contributed by atoms with Crippen LogP contribution in [0.4, 0.5) is 0 Å². The average Bonchev–Trinajstić information content (AvgIpc) is 3.14. The lowest BCUT2D eigenvalue weighted by molar-refractivity contribution is -0.139. The highest BCUT2D eigenvalue weighted by molar-refractivity contribution is 7.85. The Morgan fingerprint density at radius 3 is 2.59 bits per heavy atom. The number of aromatic nitrogens is 1. The number of hydrogen-bond donors (Lipinski definition) is 0. The molecule has 0 aliphatic heterocycles. The summed E-state index contributed by atoms with van der Waals surface area (Å²) >= 11 is 1.53. The van der Waals surface area contributed by atoms with Crippen LogP contribution in [0.1, 0.15) is 29.2 Å². The molecule has 1 aromatic heterocycles. The second-order valence-electron chi connectivity index (χ2n) is 6.45. The first-order valence-corrected chi connectivity index (χ1v) is 11.3. The van der Waals surface area contributed by atoms with Gasteiger partial charge in [-0.2, -0.15) is 0 Å². The smallest absolute Gasteiger partial charge is 0.340 e. The van der Waals surface area contributed by atoms with Crippen molar-refractivity contribution in [1.82, 2.24) is 9.88 Å². The number of ether oxygens (including phenoxy) is 1. The van der Waals surface area contributed by atoms with Gasteiger partial charge in [-0.1, -0.05) is 31.2 Å². The van der Waals surface area contributed by atoms with Gasteiger partial charge >= 0.3 is 5.97 Å². The van der Waals surface area contributed by atoms with Crippen LogP contribution in [-0.2, 0) is 26.9 Å². The first-order chi connectivity index (χ1) is 13.9. The van der Waals surface area contributed by atoms with Crippen molar-refractivity contribution >= 4 is 44.2 Å². The van der Waals surface area contributed by atoms with E-state index in [4.69, 9.17) is 4.74 Å². The Bertz CT molecular complexity index is 1030. The SMILES string of the molecule is CCS(=O)c1ccccc1C(=O)OC(C)C(=O)N(C)Cc1nc2ccccc2s1. The zero-order valence-corrected chi connectivity index (χ0v) is 18.1. The molecular weight excluding hydrogens is 408 g/mol. The molecule has 0 saturated heterocycles. The third-order valence-corrected chi connectivity index (χ3v) is 6.72. The number of likely N-dealkylation sites (N-methyl/N-ethyl adjacent to an activating group) is 1. The van der Waals surface area contributed by atoms with Gasteiger partial charge in [0, 0.05) is 12.8 Å². The summed E-state index contributed by atoms with van der Waals surface area (Å²) in [6.07, 6.45) is -0.968. The molecule has 3 aromatic rings. The van der Waals surface area contributed by atoms with Crippen LogP contribution in [0.2, 0.25) is 0 Å². The molecule has 29 heavy (non-hydrogen) atoms. The second-order valence-corrected chi connectivity index (χ2v) is 9.27. The molecule has 152 valence electrons. The molecule has 8 heteroatoms. The lowest BCUT2D eigenvalue weighted by atomic mass is 10.2. The molecule has 6 nitrogen and oxygen atoms in total. The van der Waals surface area contributed by atoms with Crippen molar-refractivity contribution in [3.63, 3.8) is 0 Å². The van der Waals surface area contributed by atoms with Crippen LogP contribution in [0, 0.1) is 0 Å². The Labute approximate surface area is 176 Å². The number of nitrogens with zero attached hydrogens (tertiary/aromatic N) is 2. The van der Waals surface area contributed by atoms with Gasteiger partial charge in [0.25, 0.3) is 5.91 Å². The van der Waals surface area contributed by atoms with E-state index in [-0.39, 0.29) is 11.5 Å². The number of para-hydroxylation sites is 1. The predicted molar refractivity (Wildman–Crippen MR) is 114 cm³/mol. The summed E-state index contributed by atoms with van der Waals surface area (Å²) in [7, 11) is 0.357. The van der Waals surface area contributed by atoms with Gasteiger partial charge in [-0.05, 0) is 31.2 Å². The van der Waals surface area contributed by atoms with E-state index in [0.29, 0.717) is 17.2 Å². The number of fused-ring (bicyclic) bond motifs is 1. The molecular formula is C21H22N2O4S2. The minimum Gasteiger partial charge on any atom is -0.449 e. The molecule has 0 radical (unpaired) electrons. The minimum atomic E-state index is -1.29. The molecule has 1 heterocycles. The van der Waals surface area contributed by atoms with Crippen LogP contribution < -0.4 is 0 Å². The van der Waals surface area contributed by atoms with E-state index in [1.54, 1.807) is 38.2 Å². The molecule has 0 aliphatic rings. The van der Waals surface area contributed by atoms with Gasteiger partial charge in [0.2, 0.25) is 0 Å². The van der Waals surface area contributed by atoms with Gasteiger partial charge < -0.3 is 9.64 Å². The molecule has 1 amide bonds. The molecule has 0 fully saturated rings. The minimum absolute atomic E-state index is 0.223. The molecule has 2 unspecified atom stereocenters. The summed E-state index contributed by atoms with van der Waals surface area (Å²) in [4.78, 5) is 31.7. The maximum atomic E-state index is 12.7. The van der Waals surface area contributed by atoms with Gasteiger partial charge in [-0.3, -0.25) is 9.00 Å². The number of carbonyl (C=O) groups excluding carboxylic acids is 2. The number of thiazole rings is 1. The first-order valence-electron chi connectivity index (χ1n) is 9.18. The first kappa shape index (κ1) is 21.1. The fourth-order valence-electron chi connectivity index (χ4n) is 2.84. The highest BCUT2D eigenvalue weighted by Crippen LogP contribution is 2.23. The lowest BCUT2D eigenvalue weighted by Gasteiger charge is -2.21. The third kappa shape index (κ3) is 4.89. The van der Waals surface area contributed by atoms with Crippen LogP contribution in [-0.4, -0.2) is 44.9 Å². The largest absolute Gasteiger partial charge is 0.449 e. The van der Waals surface area contributed by atoms with E-state index in [0.717, 1.165) is 15.2 Å². The number of esters is 1. The Hall–Kier alpha value is -2.58. The van der Waals surface area contributed by atoms with Crippen LogP contribution in [0.5, 0.6) is 0 Å². The normalized spacial score (nSPS) is 13.1. The summed E-state index contributed by atoms with van der Waals surface area (Å²) in [5, 5.41) is 0.810. The third-order valence-electron chi connectivity index (χ3n) is 4.33. The Balaban J connectivity index is 1.67. The van der Waals surface area contributed by atoms with Crippen molar-refractivity contribution in [2.45, 2.75) is 31.4 Å². The second kappa shape index (κ2) is 9.28. The Morgan fingerprint density at radius 2 is 1.86 bits per heavy atom. The van der Waals surface area contributed by atoms with Crippen molar-refractivity contribution in [3.05, 3.63) is 59.1 Å². The molecule has 0 N–H and O–H groups in total. The van der Waals surface area contributed by atoms with E-state index in [1.807, 2.05) is 24.3 Å². The zero-order valence-electron chi connectivity index (χ0n) is 16.5. The van der Waals surface area contributed by atoms with Crippen LogP contribution in [0.15, 0.2) is 53.4 Å². The summed E-state index contributed by atoms with van der Waals surface area (Å²) < 4.78 is 18.6. The quantitative estimate of drug-likeness (QED) is 0.535. The standard InChI is InChI=1S/C21H22N2O4S2/c1-4-29(26)18-12-8-5-9-15(18)21(25)27-14(2)20(24)23(3)13-19-22-16-10-6-7-11-17(16)28-19/h5-12,14H,4,13H2,1-3H3. The zero-order chi connectivity index (χ0) is 21.0. The van der Waals surface area contributed by atoms with Crippen molar-refractivity contribution < 1.29 is 18.5 Å². The number of benzene rings is 2. The highest BCUT2D eigenvalue weighted by Gasteiger charge is 2.25. The predicted octanol–water partition coefficient (Wildman–Crippen LogP) is 3.63. The molecule has 3 rings (SSSR count). The van der Waals surface area contributed by atoms with Crippen LogP contribution >= 0.6 is 11.3 Å². The van der Waals surface area contributed by atoms with Gasteiger partial charge in [-0.25, -0.2) is 9.78 Å².